The van der Waals surface area contributed by atoms with Crippen LogP contribution in [0.1, 0.15) is 25.8 Å². The molecule has 0 radical (unpaired) electrons. The van der Waals surface area contributed by atoms with Gasteiger partial charge in [-0.25, -0.2) is 13.1 Å². The lowest BCUT2D eigenvalue weighted by atomic mass is 9.91. The topological polar surface area (TPSA) is 46.2 Å². The summed E-state index contributed by atoms with van der Waals surface area (Å²) in [6.45, 7) is 3.91. The fourth-order valence-electron chi connectivity index (χ4n) is 1.56. The van der Waals surface area contributed by atoms with Crippen molar-refractivity contribution in [2.45, 2.75) is 31.3 Å². The molecule has 0 aliphatic carbocycles. The molecule has 0 spiro atoms. The number of halogens is 4. The van der Waals surface area contributed by atoms with Gasteiger partial charge in [-0.3, -0.25) is 0 Å². The lowest BCUT2D eigenvalue weighted by Crippen LogP contribution is -2.34. The number of benzene rings is 1. The second-order valence-electron chi connectivity index (χ2n) is 5.45. The van der Waals surface area contributed by atoms with E-state index in [1.807, 2.05) is 13.8 Å². The number of alkyl halides is 4. The first-order valence-electron chi connectivity index (χ1n) is 6.21. The smallest absolute Gasteiger partial charge is 0.211 e. The predicted molar refractivity (Wildman–Crippen MR) is 78.8 cm³/mol. The molecule has 3 nitrogen and oxygen atoms in total. The van der Waals surface area contributed by atoms with Crippen molar-refractivity contribution in [2.75, 3.05) is 11.9 Å². The van der Waals surface area contributed by atoms with E-state index in [1.165, 1.54) is 0 Å². The highest BCUT2D eigenvalue weighted by Crippen LogP contribution is 2.30. The van der Waals surface area contributed by atoms with Crippen molar-refractivity contribution in [2.24, 2.45) is 5.41 Å². The average Bonchev–Trinajstić information content (AvgIpc) is 2.36. The molecule has 120 valence electrons. The zero-order valence-electron chi connectivity index (χ0n) is 11.7. The average molecular weight is 388 g/mol. The molecular weight excluding hydrogens is 371 g/mol. The highest BCUT2D eigenvalue weighted by Gasteiger charge is 2.32. The molecule has 0 fully saturated rings. The fraction of sp³-hybridized carbons (Fsp3) is 0.538. The van der Waals surface area contributed by atoms with Crippen LogP contribution in [-0.2, 0) is 16.2 Å². The standard InChI is InChI=1S/C13H17BrF3NO2S/c1-12(2,6-7-14)9-18-21(19,20)11-5-3-4-10(8-11)13(15,16)17/h3-5,8,18H,6-7,9H2,1-2H3. The third kappa shape index (κ3) is 5.60. The van der Waals surface area contributed by atoms with Gasteiger partial charge in [0.2, 0.25) is 10.0 Å². The first-order valence-corrected chi connectivity index (χ1v) is 8.81. The second kappa shape index (κ2) is 6.66. The third-order valence-corrected chi connectivity index (χ3v) is 4.78. The molecule has 0 unspecified atom stereocenters. The van der Waals surface area contributed by atoms with Gasteiger partial charge in [0, 0.05) is 11.9 Å². The Labute approximate surface area is 131 Å². The summed E-state index contributed by atoms with van der Waals surface area (Å²) in [5.74, 6) is 0. The summed E-state index contributed by atoms with van der Waals surface area (Å²) in [5.41, 5.74) is -1.27. The zero-order chi connectivity index (χ0) is 16.3. The van der Waals surface area contributed by atoms with Gasteiger partial charge in [0.1, 0.15) is 0 Å². The summed E-state index contributed by atoms with van der Waals surface area (Å²) in [6.07, 6.45) is -3.83. The Balaban J connectivity index is 2.94. The Hall–Kier alpha value is -0.600. The molecule has 0 saturated carbocycles. The second-order valence-corrected chi connectivity index (χ2v) is 8.01. The maximum absolute atomic E-state index is 12.6. The van der Waals surface area contributed by atoms with Crippen LogP contribution in [-0.4, -0.2) is 20.3 Å². The van der Waals surface area contributed by atoms with Crippen molar-refractivity contribution in [3.63, 3.8) is 0 Å². The fourth-order valence-corrected chi connectivity index (χ4v) is 3.92. The lowest BCUT2D eigenvalue weighted by molar-refractivity contribution is -0.137. The van der Waals surface area contributed by atoms with E-state index in [2.05, 4.69) is 20.7 Å². The van der Waals surface area contributed by atoms with E-state index >= 15 is 0 Å². The summed E-state index contributed by atoms with van der Waals surface area (Å²) < 4.78 is 64.3. The molecule has 0 bridgehead atoms. The van der Waals surface area contributed by atoms with Gasteiger partial charge < -0.3 is 0 Å². The first-order chi connectivity index (χ1) is 9.48. The Morgan fingerprint density at radius 3 is 2.38 bits per heavy atom. The molecule has 0 aromatic heterocycles. The Bertz CT molecular complexity index is 585. The first kappa shape index (κ1) is 18.4. The molecule has 1 N–H and O–H groups in total. The monoisotopic (exact) mass is 387 g/mol. The van der Waals surface area contributed by atoms with Crippen molar-refractivity contribution < 1.29 is 21.6 Å². The molecule has 0 amide bonds. The van der Waals surface area contributed by atoms with Gasteiger partial charge in [0.05, 0.1) is 10.5 Å². The van der Waals surface area contributed by atoms with Crippen LogP contribution in [0.4, 0.5) is 13.2 Å². The quantitative estimate of drug-likeness (QED) is 0.754. The van der Waals surface area contributed by atoms with Gasteiger partial charge >= 0.3 is 6.18 Å². The lowest BCUT2D eigenvalue weighted by Gasteiger charge is -2.23. The van der Waals surface area contributed by atoms with Crippen LogP contribution in [0, 0.1) is 5.41 Å². The molecular formula is C13H17BrF3NO2S. The molecule has 1 rings (SSSR count). The van der Waals surface area contributed by atoms with Crippen LogP contribution in [0.2, 0.25) is 0 Å². The minimum absolute atomic E-state index is 0.150. The summed E-state index contributed by atoms with van der Waals surface area (Å²) in [4.78, 5) is -0.382. The van der Waals surface area contributed by atoms with E-state index < -0.39 is 21.8 Å². The molecule has 0 saturated heterocycles. The minimum Gasteiger partial charge on any atom is -0.211 e. The van der Waals surface area contributed by atoms with E-state index in [9.17, 15) is 21.6 Å². The van der Waals surface area contributed by atoms with Crippen LogP contribution >= 0.6 is 15.9 Å². The Morgan fingerprint density at radius 1 is 1.24 bits per heavy atom. The van der Waals surface area contributed by atoms with Crippen molar-refractivity contribution in [3.8, 4) is 0 Å². The largest absolute Gasteiger partial charge is 0.416 e. The van der Waals surface area contributed by atoms with E-state index in [0.29, 0.717) is 11.4 Å². The molecule has 0 aliphatic rings. The SMILES string of the molecule is CC(C)(CCBr)CNS(=O)(=O)c1cccc(C(F)(F)F)c1. The van der Waals surface area contributed by atoms with Crippen LogP contribution in [0.5, 0.6) is 0 Å². The van der Waals surface area contributed by atoms with Crippen LogP contribution in [0.3, 0.4) is 0 Å². The van der Waals surface area contributed by atoms with E-state index in [-0.39, 0.29) is 16.9 Å². The molecule has 21 heavy (non-hydrogen) atoms. The summed E-state index contributed by atoms with van der Waals surface area (Å²) in [6, 6.07) is 3.71. The van der Waals surface area contributed by atoms with E-state index in [1.54, 1.807) is 0 Å². The summed E-state index contributed by atoms with van der Waals surface area (Å²) in [5, 5.41) is 0.714. The van der Waals surface area contributed by atoms with Crippen molar-refractivity contribution >= 4 is 26.0 Å². The number of nitrogens with one attached hydrogen (secondary N) is 1. The Morgan fingerprint density at radius 2 is 1.86 bits per heavy atom. The van der Waals surface area contributed by atoms with E-state index in [0.717, 1.165) is 24.6 Å². The molecule has 0 atom stereocenters. The predicted octanol–water partition coefficient (Wildman–Crippen LogP) is 3.79. The van der Waals surface area contributed by atoms with E-state index in [4.69, 9.17) is 0 Å². The van der Waals surface area contributed by atoms with Gasteiger partial charge in [-0.15, -0.1) is 0 Å². The highest BCUT2D eigenvalue weighted by atomic mass is 79.9. The number of rotatable bonds is 6. The number of sulfonamides is 1. The van der Waals surface area contributed by atoms with Crippen molar-refractivity contribution in [3.05, 3.63) is 29.8 Å². The van der Waals surface area contributed by atoms with Crippen LogP contribution < -0.4 is 4.72 Å². The minimum atomic E-state index is -4.57. The van der Waals surface area contributed by atoms with Crippen LogP contribution in [0.15, 0.2) is 29.2 Å². The van der Waals surface area contributed by atoms with Crippen molar-refractivity contribution in [1.82, 2.24) is 4.72 Å². The van der Waals surface area contributed by atoms with Crippen LogP contribution in [0.25, 0.3) is 0 Å². The van der Waals surface area contributed by atoms with Gasteiger partial charge in [0.25, 0.3) is 0 Å². The molecule has 1 aromatic carbocycles. The van der Waals surface area contributed by atoms with Gasteiger partial charge in [-0.1, -0.05) is 35.8 Å². The molecule has 0 aliphatic heterocycles. The van der Waals surface area contributed by atoms with Gasteiger partial charge in [-0.2, -0.15) is 13.2 Å². The number of hydrogen-bond acceptors (Lipinski definition) is 2. The van der Waals surface area contributed by atoms with Gasteiger partial charge in [-0.05, 0) is 30.0 Å². The maximum Gasteiger partial charge on any atom is 0.416 e. The highest BCUT2D eigenvalue weighted by molar-refractivity contribution is 9.09. The molecule has 8 heteroatoms. The van der Waals surface area contributed by atoms with Crippen molar-refractivity contribution in [1.29, 1.82) is 0 Å². The van der Waals surface area contributed by atoms with Gasteiger partial charge in [0.15, 0.2) is 0 Å². The molecule has 0 heterocycles. The summed E-state index contributed by atoms with van der Waals surface area (Å²) >= 11 is 3.28. The Kier molecular flexibility index (Phi) is 5.85. The zero-order valence-corrected chi connectivity index (χ0v) is 14.1. The third-order valence-electron chi connectivity index (χ3n) is 2.98. The number of hydrogen-bond donors (Lipinski definition) is 1. The normalized spacial score (nSPS) is 13.4. The maximum atomic E-state index is 12.6. The summed E-state index contributed by atoms with van der Waals surface area (Å²) in [7, 11) is -3.96. The molecule has 1 aromatic rings.